The molecule has 8 heteroatoms. The van der Waals surface area contributed by atoms with Gasteiger partial charge in [-0.25, -0.2) is 8.78 Å². The molecule has 0 amide bonds. The second kappa shape index (κ2) is 12.5. The molecule has 0 radical (unpaired) electrons. The fourth-order valence-electron chi connectivity index (χ4n) is 6.53. The third-order valence-corrected chi connectivity index (χ3v) is 8.76. The fraction of sp³-hybridized carbons (Fsp3) is 0.613. The van der Waals surface area contributed by atoms with E-state index in [1.54, 1.807) is 0 Å². The molecule has 2 saturated carbocycles. The van der Waals surface area contributed by atoms with Gasteiger partial charge >= 0.3 is 12.3 Å². The number of benzene rings is 2. The minimum absolute atomic E-state index is 0.172. The van der Waals surface area contributed by atoms with Crippen molar-refractivity contribution in [2.24, 2.45) is 23.7 Å². The van der Waals surface area contributed by atoms with Crippen LogP contribution in [0.15, 0.2) is 36.4 Å². The lowest BCUT2D eigenvalue weighted by Gasteiger charge is -2.39. The molecule has 0 bridgehead atoms. The number of rotatable bonds is 9. The van der Waals surface area contributed by atoms with Crippen molar-refractivity contribution in [1.29, 1.82) is 0 Å². The van der Waals surface area contributed by atoms with Gasteiger partial charge in [-0.3, -0.25) is 0 Å². The van der Waals surface area contributed by atoms with Gasteiger partial charge in [-0.2, -0.15) is 22.0 Å². The summed E-state index contributed by atoms with van der Waals surface area (Å²) in [6.45, 7) is 2.18. The Morgan fingerprint density at radius 1 is 0.718 bits per heavy atom. The summed E-state index contributed by atoms with van der Waals surface area (Å²) >= 11 is 0. The van der Waals surface area contributed by atoms with E-state index in [4.69, 9.17) is 0 Å². The summed E-state index contributed by atoms with van der Waals surface area (Å²) in [7, 11) is 0. The van der Waals surface area contributed by atoms with Crippen molar-refractivity contribution in [3.05, 3.63) is 64.7 Å². The molecule has 2 aromatic carbocycles. The predicted molar refractivity (Wildman–Crippen MR) is 137 cm³/mol. The summed E-state index contributed by atoms with van der Waals surface area (Å²) in [5.74, 6) is -4.47. The van der Waals surface area contributed by atoms with Gasteiger partial charge in [0.05, 0.1) is 5.92 Å². The number of hydrogen-bond acceptors (Lipinski definition) is 1. The molecular weight excluding hydrogens is 521 g/mol. The second-order valence-corrected chi connectivity index (χ2v) is 11.4. The topological polar surface area (TPSA) is 9.23 Å². The van der Waals surface area contributed by atoms with E-state index in [0.29, 0.717) is 30.6 Å². The SMILES string of the molecule is CCCc1ccc(CCC2CCC(C3CCC(C(F)(F)Oc4cc(F)c(C(F)(F)F)c(F)c4)CC3)CC2)cc1. The first-order chi connectivity index (χ1) is 18.5. The molecule has 0 atom stereocenters. The summed E-state index contributed by atoms with van der Waals surface area (Å²) < 4.78 is 100. The highest BCUT2D eigenvalue weighted by atomic mass is 19.4. The van der Waals surface area contributed by atoms with Gasteiger partial charge < -0.3 is 4.74 Å². The standard InChI is InChI=1S/C31H37F7O/c1-2-3-20-4-6-21(7-5-20)8-9-22-10-12-23(13-11-22)24-14-16-25(17-15-24)31(37,38)39-26-18-27(32)29(28(33)19-26)30(34,35)36/h4-7,18-19,22-25H,2-3,8-17H2,1H3. The van der Waals surface area contributed by atoms with Gasteiger partial charge in [0.2, 0.25) is 0 Å². The Bertz CT molecular complexity index is 1040. The quantitative estimate of drug-likeness (QED) is 0.278. The molecule has 0 spiro atoms. The first-order valence-electron chi connectivity index (χ1n) is 14.2. The lowest BCUT2D eigenvalue weighted by atomic mass is 9.68. The molecule has 0 saturated heterocycles. The molecule has 4 rings (SSSR count). The minimum Gasteiger partial charge on any atom is -0.432 e. The van der Waals surface area contributed by atoms with E-state index < -0.39 is 41.2 Å². The van der Waals surface area contributed by atoms with Crippen molar-refractivity contribution < 1.29 is 35.5 Å². The predicted octanol–water partition coefficient (Wildman–Crippen LogP) is 10.2. The lowest BCUT2D eigenvalue weighted by molar-refractivity contribution is -0.224. The van der Waals surface area contributed by atoms with Crippen molar-refractivity contribution >= 4 is 0 Å². The number of aryl methyl sites for hydroxylation is 2. The maximum Gasteiger partial charge on any atom is 0.422 e. The summed E-state index contributed by atoms with van der Waals surface area (Å²) in [4.78, 5) is 0. The summed E-state index contributed by atoms with van der Waals surface area (Å²) in [5.41, 5.74) is 0.637. The van der Waals surface area contributed by atoms with E-state index in [2.05, 4.69) is 35.9 Å². The molecule has 2 aliphatic rings. The van der Waals surface area contributed by atoms with Crippen molar-refractivity contribution in [3.63, 3.8) is 0 Å². The Balaban J connectivity index is 1.22. The number of halogens is 7. The average Bonchev–Trinajstić information content (AvgIpc) is 2.87. The molecule has 0 aromatic heterocycles. The number of ether oxygens (including phenoxy) is 1. The molecule has 0 aliphatic heterocycles. The van der Waals surface area contributed by atoms with Crippen LogP contribution in [0.3, 0.4) is 0 Å². The van der Waals surface area contributed by atoms with Crippen molar-refractivity contribution in [2.75, 3.05) is 0 Å². The van der Waals surface area contributed by atoms with Crippen LogP contribution in [0.4, 0.5) is 30.7 Å². The van der Waals surface area contributed by atoms with Crippen LogP contribution in [0.5, 0.6) is 5.75 Å². The molecule has 2 aromatic rings. The van der Waals surface area contributed by atoms with Crippen LogP contribution in [0.1, 0.15) is 87.8 Å². The van der Waals surface area contributed by atoms with E-state index in [1.807, 2.05) is 0 Å². The Kier molecular flexibility index (Phi) is 9.53. The van der Waals surface area contributed by atoms with Gasteiger partial charge in [0.1, 0.15) is 22.9 Å². The smallest absolute Gasteiger partial charge is 0.422 e. The van der Waals surface area contributed by atoms with E-state index in [-0.39, 0.29) is 25.0 Å². The summed E-state index contributed by atoms with van der Waals surface area (Å²) in [6, 6.07) is 9.26. The van der Waals surface area contributed by atoms with Gasteiger partial charge in [0.15, 0.2) is 0 Å². The first kappa shape index (κ1) is 29.7. The van der Waals surface area contributed by atoms with E-state index in [9.17, 15) is 30.7 Å². The molecule has 0 unspecified atom stereocenters. The normalized spacial score (nSPS) is 24.5. The van der Waals surface area contributed by atoms with Gasteiger partial charge in [-0.15, -0.1) is 0 Å². The molecule has 0 heterocycles. The maximum atomic E-state index is 14.8. The van der Waals surface area contributed by atoms with Gasteiger partial charge in [0, 0.05) is 12.1 Å². The Hall–Kier alpha value is -2.25. The first-order valence-corrected chi connectivity index (χ1v) is 14.2. The van der Waals surface area contributed by atoms with Gasteiger partial charge in [-0.1, -0.05) is 50.5 Å². The van der Waals surface area contributed by atoms with E-state index in [0.717, 1.165) is 44.9 Å². The molecule has 39 heavy (non-hydrogen) atoms. The van der Waals surface area contributed by atoms with Crippen molar-refractivity contribution in [3.8, 4) is 5.75 Å². The van der Waals surface area contributed by atoms with Gasteiger partial charge in [0.25, 0.3) is 0 Å². The van der Waals surface area contributed by atoms with Crippen LogP contribution < -0.4 is 4.74 Å². The van der Waals surface area contributed by atoms with E-state index >= 15 is 0 Å². The average molecular weight is 559 g/mol. The molecule has 2 fully saturated rings. The third kappa shape index (κ3) is 7.69. The lowest BCUT2D eigenvalue weighted by Crippen LogP contribution is -2.38. The maximum absolute atomic E-state index is 14.8. The zero-order valence-corrected chi connectivity index (χ0v) is 22.3. The van der Waals surface area contributed by atoms with Crippen molar-refractivity contribution in [2.45, 2.75) is 96.3 Å². The van der Waals surface area contributed by atoms with E-state index in [1.165, 1.54) is 17.5 Å². The Labute approximate surface area is 226 Å². The monoisotopic (exact) mass is 558 g/mol. The number of hydrogen-bond donors (Lipinski definition) is 0. The highest BCUT2D eigenvalue weighted by Gasteiger charge is 2.46. The fourth-order valence-corrected chi connectivity index (χ4v) is 6.53. The highest BCUT2D eigenvalue weighted by molar-refractivity contribution is 5.32. The highest BCUT2D eigenvalue weighted by Crippen LogP contribution is 2.46. The second-order valence-electron chi connectivity index (χ2n) is 11.4. The van der Waals surface area contributed by atoms with Crippen LogP contribution in [0.25, 0.3) is 0 Å². The van der Waals surface area contributed by atoms with Crippen LogP contribution in [0.2, 0.25) is 0 Å². The molecular formula is C31H37F7O. The minimum atomic E-state index is -5.27. The Morgan fingerprint density at radius 2 is 1.21 bits per heavy atom. The van der Waals surface area contributed by atoms with Crippen molar-refractivity contribution in [1.82, 2.24) is 0 Å². The van der Waals surface area contributed by atoms with Crippen LogP contribution >= 0.6 is 0 Å². The third-order valence-electron chi connectivity index (χ3n) is 8.76. The summed E-state index contributed by atoms with van der Waals surface area (Å²) in [6.07, 6.45) is 1.68. The van der Waals surface area contributed by atoms with Crippen LogP contribution in [0, 0.1) is 35.3 Å². The van der Waals surface area contributed by atoms with Gasteiger partial charge in [-0.05, 0) is 86.7 Å². The molecule has 216 valence electrons. The molecule has 0 N–H and O–H groups in total. The zero-order chi connectivity index (χ0) is 28.2. The van der Waals surface area contributed by atoms with Crippen LogP contribution in [-0.4, -0.2) is 6.11 Å². The Morgan fingerprint density at radius 3 is 1.69 bits per heavy atom. The molecule has 1 nitrogen and oxygen atoms in total. The van der Waals surface area contributed by atoms with Crippen LogP contribution in [-0.2, 0) is 19.0 Å². The summed E-state index contributed by atoms with van der Waals surface area (Å²) in [5, 5.41) is 0. The molecule has 2 aliphatic carbocycles. The largest absolute Gasteiger partial charge is 0.432 e. The number of alkyl halides is 5. The zero-order valence-electron chi connectivity index (χ0n) is 22.3.